The molecule has 2 fully saturated rings. The van der Waals surface area contributed by atoms with Gasteiger partial charge in [0, 0.05) is 43.1 Å². The van der Waals surface area contributed by atoms with Crippen LogP contribution in [-0.2, 0) is 9.53 Å². The zero-order chi connectivity index (χ0) is 16.1. The number of amides is 1. The first kappa shape index (κ1) is 16.3. The van der Waals surface area contributed by atoms with E-state index in [0.717, 1.165) is 56.7 Å². The number of benzene rings is 1. The number of ether oxygens (including phenoxy) is 1. The molecule has 2 atom stereocenters. The van der Waals surface area contributed by atoms with Crippen LogP contribution in [0.5, 0.6) is 0 Å². The minimum absolute atomic E-state index is 0.0671. The Labute approximate surface area is 138 Å². The van der Waals surface area contributed by atoms with Crippen LogP contribution in [-0.4, -0.2) is 31.2 Å². The molecule has 0 spiro atoms. The number of nitrogens with two attached hydrogens (primary N) is 1. The van der Waals surface area contributed by atoms with Crippen LogP contribution in [0, 0.1) is 5.92 Å². The Hall–Kier alpha value is -1.59. The molecule has 1 aromatic carbocycles. The second-order valence-electron chi connectivity index (χ2n) is 6.72. The molecular weight excluding hydrogens is 290 g/mol. The quantitative estimate of drug-likeness (QED) is 0.780. The molecule has 0 radical (unpaired) electrons. The van der Waals surface area contributed by atoms with Gasteiger partial charge in [-0.3, -0.25) is 4.79 Å². The minimum atomic E-state index is 0.0671. The van der Waals surface area contributed by atoms with E-state index in [1.807, 2.05) is 24.3 Å². The lowest BCUT2D eigenvalue weighted by Crippen LogP contribution is -2.28. The van der Waals surface area contributed by atoms with Gasteiger partial charge in [-0.2, -0.15) is 0 Å². The normalized spacial score (nSPS) is 25.3. The largest absolute Gasteiger partial charge is 0.382 e. The van der Waals surface area contributed by atoms with E-state index in [9.17, 15) is 4.79 Å². The molecule has 1 aliphatic heterocycles. The lowest BCUT2D eigenvalue weighted by molar-refractivity contribution is -0.117. The number of carbonyl (C=O) groups excluding carboxylic acids is 1. The fourth-order valence-electron chi connectivity index (χ4n) is 3.50. The van der Waals surface area contributed by atoms with Crippen molar-refractivity contribution in [3.8, 4) is 0 Å². The van der Waals surface area contributed by atoms with Crippen LogP contribution in [0.2, 0.25) is 0 Å². The highest BCUT2D eigenvalue weighted by atomic mass is 16.5. The predicted molar refractivity (Wildman–Crippen MR) is 92.5 cm³/mol. The molecule has 2 aliphatic rings. The van der Waals surface area contributed by atoms with Crippen molar-refractivity contribution in [3.63, 3.8) is 0 Å². The van der Waals surface area contributed by atoms with Crippen molar-refractivity contribution >= 4 is 17.3 Å². The molecule has 1 aromatic rings. The summed E-state index contributed by atoms with van der Waals surface area (Å²) in [5, 5.41) is 6.49. The summed E-state index contributed by atoms with van der Waals surface area (Å²) in [4.78, 5) is 12.1. The highest BCUT2D eigenvalue weighted by Crippen LogP contribution is 2.27. The topological polar surface area (TPSA) is 76.4 Å². The molecule has 5 heteroatoms. The van der Waals surface area contributed by atoms with E-state index in [1.54, 1.807) is 0 Å². The molecule has 126 valence electrons. The Kier molecular flexibility index (Phi) is 5.51. The van der Waals surface area contributed by atoms with E-state index in [1.165, 1.54) is 0 Å². The number of hydrogen-bond acceptors (Lipinski definition) is 4. The van der Waals surface area contributed by atoms with Crippen LogP contribution in [0.15, 0.2) is 24.3 Å². The number of nitrogens with one attached hydrogen (secondary N) is 2. The summed E-state index contributed by atoms with van der Waals surface area (Å²) >= 11 is 0. The molecule has 5 nitrogen and oxygen atoms in total. The Morgan fingerprint density at radius 3 is 2.43 bits per heavy atom. The van der Waals surface area contributed by atoms with Gasteiger partial charge in [0.25, 0.3) is 0 Å². The molecule has 4 N–H and O–H groups in total. The molecular formula is C18H27N3O2. The van der Waals surface area contributed by atoms with E-state index in [4.69, 9.17) is 10.5 Å². The standard InChI is InChI=1S/C18H27N3O2/c19-17-3-1-2-13(17)12-18(22)21-15-6-4-14(5-7-15)20-16-8-10-23-11-9-16/h4-7,13,16-17,20H,1-3,8-12,19H2,(H,21,22)/t13-,17+/m0/s1. The molecule has 1 saturated heterocycles. The summed E-state index contributed by atoms with van der Waals surface area (Å²) in [6.45, 7) is 1.66. The third kappa shape index (κ3) is 4.69. The number of anilines is 2. The van der Waals surface area contributed by atoms with Crippen molar-refractivity contribution in [2.45, 2.75) is 50.6 Å². The van der Waals surface area contributed by atoms with Crippen LogP contribution in [0.25, 0.3) is 0 Å². The maximum atomic E-state index is 12.1. The molecule has 0 unspecified atom stereocenters. The fraction of sp³-hybridized carbons (Fsp3) is 0.611. The first-order valence-electron chi connectivity index (χ1n) is 8.70. The Balaban J connectivity index is 1.47. The second kappa shape index (κ2) is 7.79. The van der Waals surface area contributed by atoms with E-state index in [0.29, 0.717) is 18.4 Å². The Morgan fingerprint density at radius 2 is 1.78 bits per heavy atom. The number of hydrogen-bond donors (Lipinski definition) is 3. The van der Waals surface area contributed by atoms with Crippen molar-refractivity contribution in [1.82, 2.24) is 0 Å². The van der Waals surface area contributed by atoms with Gasteiger partial charge in [-0.15, -0.1) is 0 Å². The van der Waals surface area contributed by atoms with Gasteiger partial charge in [0.2, 0.25) is 5.91 Å². The summed E-state index contributed by atoms with van der Waals surface area (Å²) in [6.07, 6.45) is 5.88. The molecule has 0 bridgehead atoms. The maximum Gasteiger partial charge on any atom is 0.224 e. The number of rotatable bonds is 5. The molecule has 3 rings (SSSR count). The van der Waals surface area contributed by atoms with E-state index in [2.05, 4.69) is 10.6 Å². The molecule has 0 aromatic heterocycles. The smallest absolute Gasteiger partial charge is 0.224 e. The number of carbonyl (C=O) groups is 1. The molecule has 1 amide bonds. The third-order valence-electron chi connectivity index (χ3n) is 4.93. The highest BCUT2D eigenvalue weighted by Gasteiger charge is 2.26. The van der Waals surface area contributed by atoms with E-state index < -0.39 is 0 Å². The van der Waals surface area contributed by atoms with Gasteiger partial charge in [-0.1, -0.05) is 6.42 Å². The third-order valence-corrected chi connectivity index (χ3v) is 4.93. The SMILES string of the molecule is N[C@@H]1CCC[C@H]1CC(=O)Nc1ccc(NC2CCOCC2)cc1. The minimum Gasteiger partial charge on any atom is -0.382 e. The lowest BCUT2D eigenvalue weighted by atomic mass is 10.00. The van der Waals surface area contributed by atoms with Crippen LogP contribution in [0.4, 0.5) is 11.4 Å². The summed E-state index contributed by atoms with van der Waals surface area (Å²) in [7, 11) is 0. The average molecular weight is 317 g/mol. The lowest BCUT2D eigenvalue weighted by Gasteiger charge is -2.24. The zero-order valence-corrected chi connectivity index (χ0v) is 13.6. The summed E-state index contributed by atoms with van der Waals surface area (Å²) < 4.78 is 5.37. The van der Waals surface area contributed by atoms with Crippen LogP contribution in [0.3, 0.4) is 0 Å². The van der Waals surface area contributed by atoms with Crippen molar-refractivity contribution in [1.29, 1.82) is 0 Å². The summed E-state index contributed by atoms with van der Waals surface area (Å²) in [5.41, 5.74) is 7.97. The van der Waals surface area contributed by atoms with Crippen molar-refractivity contribution in [2.24, 2.45) is 11.7 Å². The Bertz CT molecular complexity index is 512. The van der Waals surface area contributed by atoms with Crippen molar-refractivity contribution in [3.05, 3.63) is 24.3 Å². The fourth-order valence-corrected chi connectivity index (χ4v) is 3.50. The van der Waals surface area contributed by atoms with Gasteiger partial charge >= 0.3 is 0 Å². The highest BCUT2D eigenvalue weighted by molar-refractivity contribution is 5.91. The summed E-state index contributed by atoms with van der Waals surface area (Å²) in [5.74, 6) is 0.405. The van der Waals surface area contributed by atoms with Gasteiger partial charge in [0.1, 0.15) is 0 Å². The molecule has 23 heavy (non-hydrogen) atoms. The Morgan fingerprint density at radius 1 is 1.09 bits per heavy atom. The molecule has 1 heterocycles. The van der Waals surface area contributed by atoms with Gasteiger partial charge in [0.05, 0.1) is 0 Å². The first-order valence-corrected chi connectivity index (χ1v) is 8.70. The predicted octanol–water partition coefficient (Wildman–Crippen LogP) is 2.73. The van der Waals surface area contributed by atoms with Gasteiger partial charge in [-0.25, -0.2) is 0 Å². The van der Waals surface area contributed by atoms with Gasteiger partial charge in [-0.05, 0) is 55.9 Å². The van der Waals surface area contributed by atoms with E-state index >= 15 is 0 Å². The van der Waals surface area contributed by atoms with Crippen molar-refractivity contribution < 1.29 is 9.53 Å². The average Bonchev–Trinajstić information content (AvgIpc) is 2.95. The van der Waals surface area contributed by atoms with Gasteiger partial charge in [0.15, 0.2) is 0 Å². The van der Waals surface area contributed by atoms with Gasteiger partial charge < -0.3 is 21.1 Å². The van der Waals surface area contributed by atoms with Crippen LogP contribution in [0.1, 0.15) is 38.5 Å². The van der Waals surface area contributed by atoms with Crippen molar-refractivity contribution in [2.75, 3.05) is 23.8 Å². The molecule has 1 saturated carbocycles. The molecule has 1 aliphatic carbocycles. The first-order chi connectivity index (χ1) is 11.2. The van der Waals surface area contributed by atoms with Crippen LogP contribution < -0.4 is 16.4 Å². The second-order valence-corrected chi connectivity index (χ2v) is 6.72. The zero-order valence-electron chi connectivity index (χ0n) is 13.6. The van der Waals surface area contributed by atoms with E-state index in [-0.39, 0.29) is 11.9 Å². The maximum absolute atomic E-state index is 12.1. The van der Waals surface area contributed by atoms with Crippen LogP contribution >= 0.6 is 0 Å². The monoisotopic (exact) mass is 317 g/mol. The summed E-state index contributed by atoms with van der Waals surface area (Å²) in [6, 6.07) is 8.61.